The van der Waals surface area contributed by atoms with Crippen molar-refractivity contribution < 1.29 is 9.90 Å². The Labute approximate surface area is 145 Å². The summed E-state index contributed by atoms with van der Waals surface area (Å²) in [5.41, 5.74) is 4.32. The number of hydrogen-bond donors (Lipinski definition) is 3. The largest absolute Gasteiger partial charge is 0.393 e. The van der Waals surface area contributed by atoms with Gasteiger partial charge in [-0.1, -0.05) is 19.1 Å². The number of amides is 2. The van der Waals surface area contributed by atoms with Gasteiger partial charge in [-0.3, -0.25) is 5.01 Å². The van der Waals surface area contributed by atoms with Crippen molar-refractivity contribution in [2.24, 2.45) is 5.92 Å². The molecule has 1 fully saturated rings. The smallest absolute Gasteiger partial charge is 0.331 e. The second kappa shape index (κ2) is 7.46. The average molecular weight is 348 g/mol. The molecule has 1 aliphatic heterocycles. The number of carbonyl (C=O) groups is 1. The fourth-order valence-corrected chi connectivity index (χ4v) is 4.14. The summed E-state index contributed by atoms with van der Waals surface area (Å²) in [4.78, 5) is 16.6. The second-order valence-electron chi connectivity index (χ2n) is 6.51. The number of aromatic nitrogens is 1. The first-order valence-corrected chi connectivity index (χ1v) is 9.19. The summed E-state index contributed by atoms with van der Waals surface area (Å²) in [6.45, 7) is 5.23. The lowest BCUT2D eigenvalue weighted by Crippen LogP contribution is -2.43. The van der Waals surface area contributed by atoms with Crippen LogP contribution >= 0.6 is 11.3 Å². The van der Waals surface area contributed by atoms with Crippen molar-refractivity contribution in [1.29, 1.82) is 0 Å². The van der Waals surface area contributed by atoms with Crippen molar-refractivity contribution in [3.8, 4) is 0 Å². The number of aliphatic hydroxyl groups is 1. The van der Waals surface area contributed by atoms with Crippen molar-refractivity contribution in [1.82, 2.24) is 20.7 Å². The number of nitrogens with zero attached hydrogens (tertiary/aromatic N) is 2. The van der Waals surface area contributed by atoms with Crippen LogP contribution in [0.5, 0.6) is 0 Å². The number of hydrazine groups is 1. The lowest BCUT2D eigenvalue weighted by atomic mass is 9.96. The van der Waals surface area contributed by atoms with E-state index in [1.54, 1.807) is 16.3 Å². The molecule has 1 aromatic carbocycles. The van der Waals surface area contributed by atoms with Crippen molar-refractivity contribution in [3.05, 3.63) is 29.3 Å². The molecule has 3 atom stereocenters. The van der Waals surface area contributed by atoms with Gasteiger partial charge in [0.15, 0.2) is 0 Å². The Balaban J connectivity index is 1.81. The third-order valence-electron chi connectivity index (χ3n) is 4.16. The highest BCUT2D eigenvalue weighted by molar-refractivity contribution is 7.18. The highest BCUT2D eigenvalue weighted by Gasteiger charge is 2.26. The van der Waals surface area contributed by atoms with E-state index in [2.05, 4.69) is 23.7 Å². The van der Waals surface area contributed by atoms with Crippen LogP contribution in [-0.2, 0) is 0 Å². The van der Waals surface area contributed by atoms with Crippen LogP contribution in [0.3, 0.4) is 0 Å². The molecule has 3 unspecified atom stereocenters. The Hall–Kier alpha value is -1.70. The van der Waals surface area contributed by atoms with Gasteiger partial charge in [0.1, 0.15) is 5.01 Å². The molecule has 3 N–H and O–H groups in total. The van der Waals surface area contributed by atoms with Gasteiger partial charge >= 0.3 is 6.03 Å². The molecule has 130 valence electrons. The Morgan fingerprint density at radius 1 is 1.38 bits per heavy atom. The molecule has 0 saturated carbocycles. The van der Waals surface area contributed by atoms with E-state index >= 15 is 0 Å². The van der Waals surface area contributed by atoms with Crippen LogP contribution in [0.1, 0.15) is 37.7 Å². The zero-order valence-corrected chi connectivity index (χ0v) is 14.8. The van der Waals surface area contributed by atoms with Gasteiger partial charge in [0.05, 0.1) is 28.9 Å². The third-order valence-corrected chi connectivity index (χ3v) is 5.31. The number of benzene rings is 1. The summed E-state index contributed by atoms with van der Waals surface area (Å²) >= 11 is 1.66. The Morgan fingerprint density at radius 2 is 2.17 bits per heavy atom. The quantitative estimate of drug-likeness (QED) is 0.719. The van der Waals surface area contributed by atoms with Crippen molar-refractivity contribution >= 4 is 27.6 Å². The number of para-hydroxylation sites is 1. The third kappa shape index (κ3) is 4.03. The first-order chi connectivity index (χ1) is 11.5. The van der Waals surface area contributed by atoms with Crippen LogP contribution in [0, 0.1) is 5.92 Å². The van der Waals surface area contributed by atoms with E-state index in [0.29, 0.717) is 19.0 Å². The van der Waals surface area contributed by atoms with Crippen LogP contribution in [0.15, 0.2) is 24.3 Å². The molecule has 2 aromatic rings. The number of nitrogens with one attached hydrogen (secondary N) is 2. The minimum Gasteiger partial charge on any atom is -0.393 e. The molecule has 2 heterocycles. The molecule has 1 aromatic heterocycles. The molecule has 6 nitrogen and oxygen atoms in total. The first kappa shape index (κ1) is 17.1. The predicted octanol–water partition coefficient (Wildman–Crippen LogP) is 2.66. The molecule has 0 radical (unpaired) electrons. The van der Waals surface area contributed by atoms with E-state index in [9.17, 15) is 9.90 Å². The average Bonchev–Trinajstić information content (AvgIpc) is 3.12. The molecule has 3 rings (SSSR count). The highest BCUT2D eigenvalue weighted by atomic mass is 32.1. The molecule has 2 amide bonds. The topological polar surface area (TPSA) is 77.5 Å². The van der Waals surface area contributed by atoms with Gasteiger partial charge in [-0.2, -0.15) is 0 Å². The molecule has 1 saturated heterocycles. The molecular weight excluding hydrogens is 324 g/mol. The Kier molecular flexibility index (Phi) is 5.33. The van der Waals surface area contributed by atoms with Crippen molar-refractivity contribution in [2.75, 3.05) is 13.1 Å². The molecule has 7 heteroatoms. The van der Waals surface area contributed by atoms with E-state index in [0.717, 1.165) is 28.1 Å². The maximum Gasteiger partial charge on any atom is 0.331 e. The van der Waals surface area contributed by atoms with Gasteiger partial charge in [-0.15, -0.1) is 11.3 Å². The van der Waals surface area contributed by atoms with E-state index in [1.807, 2.05) is 25.1 Å². The van der Waals surface area contributed by atoms with E-state index < -0.39 is 0 Å². The molecule has 24 heavy (non-hydrogen) atoms. The number of rotatable bonds is 7. The van der Waals surface area contributed by atoms with Gasteiger partial charge in [0.25, 0.3) is 0 Å². The maximum atomic E-state index is 11.9. The summed E-state index contributed by atoms with van der Waals surface area (Å²) in [5.74, 6) is 0.320. The Bertz CT molecular complexity index is 670. The maximum absolute atomic E-state index is 11.9. The molecule has 0 aliphatic carbocycles. The zero-order valence-electron chi connectivity index (χ0n) is 14.0. The number of carbonyl (C=O) groups excluding carboxylic acids is 1. The second-order valence-corrected chi connectivity index (χ2v) is 7.57. The summed E-state index contributed by atoms with van der Waals surface area (Å²) < 4.78 is 1.15. The molecule has 1 aliphatic rings. The monoisotopic (exact) mass is 348 g/mol. The minimum absolute atomic E-state index is 0.0417. The van der Waals surface area contributed by atoms with Crippen LogP contribution in [-0.4, -0.2) is 40.3 Å². The number of fused-ring (bicyclic) bond motifs is 1. The first-order valence-electron chi connectivity index (χ1n) is 8.38. The fourth-order valence-electron chi connectivity index (χ4n) is 3.11. The normalized spacial score (nSPS) is 18.6. The number of urea groups is 1. The molecule has 0 bridgehead atoms. The van der Waals surface area contributed by atoms with Gasteiger partial charge in [0.2, 0.25) is 0 Å². The highest BCUT2D eigenvalue weighted by Crippen LogP contribution is 2.31. The van der Waals surface area contributed by atoms with E-state index in [4.69, 9.17) is 4.98 Å². The summed E-state index contributed by atoms with van der Waals surface area (Å²) in [5, 5.41) is 15.1. The van der Waals surface area contributed by atoms with Gasteiger partial charge in [-0.05, 0) is 37.8 Å². The minimum atomic E-state index is -0.328. The van der Waals surface area contributed by atoms with E-state index in [-0.39, 0.29) is 18.2 Å². The summed E-state index contributed by atoms with van der Waals surface area (Å²) in [6, 6.07) is 7.93. The standard InChI is InChI=1S/C17H24N4O2S/c1-11(9-12(2)22)10-14(20-21-8-7-18-17(21)23)16-19-13-5-3-4-6-15(13)24-16/h3-6,11-12,14,20,22H,7-10H2,1-2H3,(H,18,23). The van der Waals surface area contributed by atoms with Gasteiger partial charge < -0.3 is 10.4 Å². The SMILES string of the molecule is CC(O)CC(C)CC(NN1CCNC1=O)c1nc2ccccc2s1. The van der Waals surface area contributed by atoms with Crippen molar-refractivity contribution in [3.63, 3.8) is 0 Å². The van der Waals surface area contributed by atoms with Crippen LogP contribution < -0.4 is 10.7 Å². The van der Waals surface area contributed by atoms with Gasteiger partial charge in [0, 0.05) is 6.54 Å². The van der Waals surface area contributed by atoms with Crippen LogP contribution in [0.4, 0.5) is 4.79 Å². The zero-order chi connectivity index (χ0) is 17.1. The lowest BCUT2D eigenvalue weighted by Gasteiger charge is -2.26. The van der Waals surface area contributed by atoms with Crippen LogP contribution in [0.25, 0.3) is 10.2 Å². The number of hydrogen-bond acceptors (Lipinski definition) is 5. The summed E-state index contributed by atoms with van der Waals surface area (Å²) in [7, 11) is 0. The molecule has 0 spiro atoms. The summed E-state index contributed by atoms with van der Waals surface area (Å²) in [6.07, 6.45) is 1.22. The van der Waals surface area contributed by atoms with E-state index in [1.165, 1.54) is 0 Å². The fraction of sp³-hybridized carbons (Fsp3) is 0.529. The van der Waals surface area contributed by atoms with Crippen molar-refractivity contribution in [2.45, 2.75) is 38.8 Å². The van der Waals surface area contributed by atoms with Crippen LogP contribution in [0.2, 0.25) is 0 Å². The number of thiazole rings is 1. The number of aliphatic hydroxyl groups excluding tert-OH is 1. The lowest BCUT2D eigenvalue weighted by molar-refractivity contribution is 0.145. The predicted molar refractivity (Wildman–Crippen MR) is 95.7 cm³/mol. The van der Waals surface area contributed by atoms with Gasteiger partial charge in [-0.25, -0.2) is 15.2 Å². The Morgan fingerprint density at radius 3 is 2.83 bits per heavy atom. The molecular formula is C17H24N4O2S.